The molecular weight excluding hydrogens is 452 g/mol. The second-order valence-corrected chi connectivity index (χ2v) is 8.41. The summed E-state index contributed by atoms with van der Waals surface area (Å²) in [5, 5.41) is 2.56. The quantitative estimate of drug-likeness (QED) is 0.387. The molecule has 2 aliphatic rings. The van der Waals surface area contributed by atoms with Gasteiger partial charge in [-0.15, -0.1) is 0 Å². The molecule has 4 rings (SSSR count). The molecule has 1 fully saturated rings. The third-order valence-electron chi connectivity index (χ3n) is 6.16. The molecule has 2 aromatic carbocycles. The molecule has 0 radical (unpaired) electrons. The molecule has 9 nitrogen and oxygen atoms in total. The number of amides is 3. The van der Waals surface area contributed by atoms with Gasteiger partial charge in [0, 0.05) is 5.69 Å². The first-order chi connectivity index (χ1) is 16.8. The van der Waals surface area contributed by atoms with Crippen molar-refractivity contribution in [1.29, 1.82) is 0 Å². The topological polar surface area (TPSA) is 119 Å². The van der Waals surface area contributed by atoms with Crippen LogP contribution in [0.25, 0.3) is 0 Å². The molecule has 0 spiro atoms. The molecule has 0 saturated carbocycles. The van der Waals surface area contributed by atoms with Crippen LogP contribution in [0, 0.1) is 17.8 Å². The van der Waals surface area contributed by atoms with E-state index >= 15 is 0 Å². The lowest BCUT2D eigenvalue weighted by atomic mass is 9.78. The number of carbonyl (C=O) groups is 5. The molecule has 1 heterocycles. The normalized spacial score (nSPS) is 20.9. The standard InChI is InChI=1S/C26H24N2O7/c1-15-4-3-5-20-22(15)24(31)28(23(20)30)19-12-8-17(9-13-19)26(33)35-14-21(29)27-18-10-6-16(7-11-18)25(32)34-2/h3-4,6-13,15,20,22H,5,14H2,1-2H3,(H,27,29)/t15-,20-,22-/m1/s1. The Morgan fingerprint density at radius 1 is 0.943 bits per heavy atom. The van der Waals surface area contributed by atoms with Gasteiger partial charge in [-0.05, 0) is 60.9 Å². The Morgan fingerprint density at radius 3 is 2.20 bits per heavy atom. The van der Waals surface area contributed by atoms with Crippen LogP contribution in [0.5, 0.6) is 0 Å². The molecule has 9 heteroatoms. The van der Waals surface area contributed by atoms with E-state index in [9.17, 15) is 24.0 Å². The summed E-state index contributed by atoms with van der Waals surface area (Å²) in [7, 11) is 1.27. The van der Waals surface area contributed by atoms with Gasteiger partial charge in [-0.1, -0.05) is 19.1 Å². The summed E-state index contributed by atoms with van der Waals surface area (Å²) in [5.41, 5.74) is 1.33. The van der Waals surface area contributed by atoms with E-state index in [2.05, 4.69) is 10.1 Å². The minimum absolute atomic E-state index is 0.0126. The summed E-state index contributed by atoms with van der Waals surface area (Å²) >= 11 is 0. The number of carbonyl (C=O) groups excluding carboxylic acids is 5. The first-order valence-electron chi connectivity index (χ1n) is 11.1. The Morgan fingerprint density at radius 2 is 1.57 bits per heavy atom. The molecule has 180 valence electrons. The van der Waals surface area contributed by atoms with Crippen molar-refractivity contribution in [3.63, 3.8) is 0 Å². The van der Waals surface area contributed by atoms with Crippen molar-refractivity contribution in [3.8, 4) is 0 Å². The zero-order valence-corrected chi connectivity index (χ0v) is 19.2. The Balaban J connectivity index is 1.33. The van der Waals surface area contributed by atoms with E-state index in [-0.39, 0.29) is 35.1 Å². The average Bonchev–Trinajstić information content (AvgIpc) is 3.13. The largest absolute Gasteiger partial charge is 0.465 e. The first-order valence-corrected chi connectivity index (χ1v) is 11.1. The lowest BCUT2D eigenvalue weighted by Crippen LogP contribution is -2.31. The van der Waals surface area contributed by atoms with Gasteiger partial charge in [0.15, 0.2) is 6.61 Å². The molecule has 2 aromatic rings. The van der Waals surface area contributed by atoms with Gasteiger partial charge in [0.2, 0.25) is 11.8 Å². The number of allylic oxidation sites excluding steroid dienone is 2. The zero-order chi connectivity index (χ0) is 25.1. The summed E-state index contributed by atoms with van der Waals surface area (Å²) < 4.78 is 9.67. The third-order valence-corrected chi connectivity index (χ3v) is 6.16. The number of anilines is 2. The molecule has 1 aliphatic heterocycles. The third kappa shape index (κ3) is 4.84. The molecule has 3 amide bonds. The SMILES string of the molecule is COC(=O)c1ccc(NC(=O)COC(=O)c2ccc(N3C(=O)[C@@H]4[C@H](C)C=CC[C@H]4C3=O)cc2)cc1. The predicted octanol–water partition coefficient (Wildman–Crippen LogP) is 2.97. The number of methoxy groups -OCH3 is 1. The monoisotopic (exact) mass is 476 g/mol. The number of nitrogens with one attached hydrogen (secondary N) is 1. The van der Waals surface area contributed by atoms with Crippen LogP contribution in [0.3, 0.4) is 0 Å². The van der Waals surface area contributed by atoms with E-state index in [0.717, 1.165) is 0 Å². The average molecular weight is 476 g/mol. The van der Waals surface area contributed by atoms with Gasteiger partial charge in [0.25, 0.3) is 5.91 Å². The van der Waals surface area contributed by atoms with Crippen LogP contribution in [-0.2, 0) is 23.9 Å². The van der Waals surface area contributed by atoms with Gasteiger partial charge in [0.1, 0.15) is 0 Å². The van der Waals surface area contributed by atoms with Gasteiger partial charge >= 0.3 is 11.9 Å². The first kappa shape index (κ1) is 23.9. The maximum Gasteiger partial charge on any atom is 0.338 e. The van der Waals surface area contributed by atoms with E-state index in [1.54, 1.807) is 0 Å². The highest BCUT2D eigenvalue weighted by Crippen LogP contribution is 2.40. The predicted molar refractivity (Wildman–Crippen MR) is 126 cm³/mol. The number of benzene rings is 2. The van der Waals surface area contributed by atoms with Crippen molar-refractivity contribution in [3.05, 3.63) is 71.8 Å². The summed E-state index contributed by atoms with van der Waals surface area (Å²) in [5.74, 6) is -2.98. The number of rotatable bonds is 6. The smallest absolute Gasteiger partial charge is 0.338 e. The van der Waals surface area contributed by atoms with E-state index < -0.39 is 24.5 Å². The molecule has 1 saturated heterocycles. The molecule has 1 aliphatic carbocycles. The summed E-state index contributed by atoms with van der Waals surface area (Å²) in [4.78, 5) is 62.8. The molecule has 1 N–H and O–H groups in total. The minimum Gasteiger partial charge on any atom is -0.465 e. The van der Waals surface area contributed by atoms with Gasteiger partial charge < -0.3 is 14.8 Å². The summed E-state index contributed by atoms with van der Waals surface area (Å²) in [6.45, 7) is 1.41. The Bertz CT molecular complexity index is 1200. The lowest BCUT2D eigenvalue weighted by molar-refractivity contribution is -0.123. The van der Waals surface area contributed by atoms with Crippen LogP contribution in [-0.4, -0.2) is 43.4 Å². The van der Waals surface area contributed by atoms with Crippen molar-refractivity contribution < 1.29 is 33.4 Å². The van der Waals surface area contributed by atoms with Gasteiger partial charge in [-0.3, -0.25) is 19.3 Å². The maximum absolute atomic E-state index is 12.9. The number of imide groups is 1. The van der Waals surface area contributed by atoms with Gasteiger partial charge in [0.05, 0.1) is 35.8 Å². The number of ether oxygens (including phenoxy) is 2. The Hall–Kier alpha value is -4.27. The number of nitrogens with zero attached hydrogens (tertiary/aromatic N) is 1. The van der Waals surface area contributed by atoms with Crippen LogP contribution < -0.4 is 10.2 Å². The van der Waals surface area contributed by atoms with E-state index in [0.29, 0.717) is 23.4 Å². The molecule has 3 atom stereocenters. The van der Waals surface area contributed by atoms with Crippen molar-refractivity contribution in [2.45, 2.75) is 13.3 Å². The van der Waals surface area contributed by atoms with Crippen molar-refractivity contribution in [1.82, 2.24) is 0 Å². The fraction of sp³-hybridized carbons (Fsp3) is 0.269. The van der Waals surface area contributed by atoms with Crippen molar-refractivity contribution >= 4 is 41.0 Å². The number of esters is 2. The summed E-state index contributed by atoms with van der Waals surface area (Å²) in [6, 6.07) is 12.0. The van der Waals surface area contributed by atoms with Crippen molar-refractivity contribution in [2.24, 2.45) is 17.8 Å². The minimum atomic E-state index is -0.724. The van der Waals surface area contributed by atoms with Crippen LogP contribution >= 0.6 is 0 Å². The van der Waals surface area contributed by atoms with Crippen LogP contribution in [0.1, 0.15) is 34.1 Å². The number of fused-ring (bicyclic) bond motifs is 1. The molecule has 0 unspecified atom stereocenters. The highest BCUT2D eigenvalue weighted by molar-refractivity contribution is 6.22. The van der Waals surface area contributed by atoms with Crippen LogP contribution in [0.15, 0.2) is 60.7 Å². The maximum atomic E-state index is 12.9. The van der Waals surface area contributed by atoms with E-state index in [4.69, 9.17) is 4.74 Å². The van der Waals surface area contributed by atoms with E-state index in [1.165, 1.54) is 60.5 Å². The number of hydrogen-bond donors (Lipinski definition) is 1. The number of hydrogen-bond acceptors (Lipinski definition) is 7. The van der Waals surface area contributed by atoms with Crippen LogP contribution in [0.2, 0.25) is 0 Å². The lowest BCUT2D eigenvalue weighted by Gasteiger charge is -2.22. The second kappa shape index (κ2) is 9.92. The highest BCUT2D eigenvalue weighted by atomic mass is 16.5. The highest BCUT2D eigenvalue weighted by Gasteiger charge is 2.50. The molecule has 35 heavy (non-hydrogen) atoms. The zero-order valence-electron chi connectivity index (χ0n) is 19.2. The van der Waals surface area contributed by atoms with Gasteiger partial charge in [-0.25, -0.2) is 9.59 Å². The summed E-state index contributed by atoms with van der Waals surface area (Å²) in [6.07, 6.45) is 4.44. The van der Waals surface area contributed by atoms with Gasteiger partial charge in [-0.2, -0.15) is 0 Å². The Kier molecular flexibility index (Phi) is 6.77. The second-order valence-electron chi connectivity index (χ2n) is 8.41. The molecular formula is C26H24N2O7. The van der Waals surface area contributed by atoms with Crippen LogP contribution in [0.4, 0.5) is 11.4 Å². The molecule has 0 aromatic heterocycles. The van der Waals surface area contributed by atoms with Crippen molar-refractivity contribution in [2.75, 3.05) is 23.9 Å². The fourth-order valence-corrected chi connectivity index (χ4v) is 4.37. The molecule has 0 bridgehead atoms. The fourth-order valence-electron chi connectivity index (χ4n) is 4.37. The van der Waals surface area contributed by atoms with E-state index in [1.807, 2.05) is 19.1 Å². The Labute approximate surface area is 201 Å².